The van der Waals surface area contributed by atoms with Crippen LogP contribution in [0, 0.1) is 0 Å². The van der Waals surface area contributed by atoms with Gasteiger partial charge < -0.3 is 9.84 Å². The zero-order valence-electron chi connectivity index (χ0n) is 12.2. The van der Waals surface area contributed by atoms with Gasteiger partial charge in [-0.3, -0.25) is 4.79 Å². The summed E-state index contributed by atoms with van der Waals surface area (Å²) in [6.07, 6.45) is 2.39. The molecule has 2 rings (SSSR count). The van der Waals surface area contributed by atoms with Crippen LogP contribution in [0.15, 0.2) is 54.6 Å². The highest BCUT2D eigenvalue weighted by Crippen LogP contribution is 2.24. The SMILES string of the molecule is COc1ccc(C(CCCc2ccccc2)C(=O)O)cc1. The minimum atomic E-state index is -0.770. The number of aryl methyl sites for hydroxylation is 1. The van der Waals surface area contributed by atoms with Gasteiger partial charge in [0.05, 0.1) is 13.0 Å². The van der Waals surface area contributed by atoms with Crippen molar-refractivity contribution < 1.29 is 14.6 Å². The van der Waals surface area contributed by atoms with Crippen molar-refractivity contribution in [3.63, 3.8) is 0 Å². The summed E-state index contributed by atoms with van der Waals surface area (Å²) in [5, 5.41) is 9.42. The fraction of sp³-hybridized carbons (Fsp3) is 0.278. The third-order valence-corrected chi connectivity index (χ3v) is 3.62. The zero-order valence-corrected chi connectivity index (χ0v) is 12.2. The molecule has 3 heteroatoms. The Bertz CT molecular complexity index is 561. The van der Waals surface area contributed by atoms with E-state index >= 15 is 0 Å². The van der Waals surface area contributed by atoms with Crippen LogP contribution in [0.1, 0.15) is 29.9 Å². The highest BCUT2D eigenvalue weighted by Gasteiger charge is 2.19. The van der Waals surface area contributed by atoms with Gasteiger partial charge in [0.25, 0.3) is 0 Å². The van der Waals surface area contributed by atoms with Crippen LogP contribution in [0.5, 0.6) is 5.75 Å². The van der Waals surface area contributed by atoms with E-state index in [-0.39, 0.29) is 0 Å². The molecule has 1 N–H and O–H groups in total. The number of benzene rings is 2. The second-order valence-corrected chi connectivity index (χ2v) is 5.04. The third-order valence-electron chi connectivity index (χ3n) is 3.62. The molecule has 0 saturated heterocycles. The molecule has 21 heavy (non-hydrogen) atoms. The lowest BCUT2D eigenvalue weighted by Crippen LogP contribution is -2.12. The second kappa shape index (κ2) is 7.48. The minimum absolute atomic E-state index is 0.459. The average Bonchev–Trinajstić information content (AvgIpc) is 2.52. The highest BCUT2D eigenvalue weighted by atomic mass is 16.5. The van der Waals surface area contributed by atoms with Crippen LogP contribution < -0.4 is 4.74 Å². The quantitative estimate of drug-likeness (QED) is 0.839. The van der Waals surface area contributed by atoms with E-state index in [2.05, 4.69) is 12.1 Å². The molecule has 0 aromatic heterocycles. The molecule has 1 unspecified atom stereocenters. The Balaban J connectivity index is 1.97. The maximum Gasteiger partial charge on any atom is 0.310 e. The molecule has 0 radical (unpaired) electrons. The van der Waals surface area contributed by atoms with Crippen LogP contribution in [0.25, 0.3) is 0 Å². The smallest absolute Gasteiger partial charge is 0.310 e. The first-order chi connectivity index (χ1) is 10.2. The van der Waals surface area contributed by atoms with E-state index in [4.69, 9.17) is 4.74 Å². The van der Waals surface area contributed by atoms with Crippen molar-refractivity contribution in [1.29, 1.82) is 0 Å². The third kappa shape index (κ3) is 4.35. The lowest BCUT2D eigenvalue weighted by molar-refractivity contribution is -0.139. The first-order valence-corrected chi connectivity index (χ1v) is 7.11. The molecule has 0 heterocycles. The fourth-order valence-electron chi connectivity index (χ4n) is 2.42. The van der Waals surface area contributed by atoms with Gasteiger partial charge >= 0.3 is 5.97 Å². The average molecular weight is 284 g/mol. The summed E-state index contributed by atoms with van der Waals surface area (Å²) in [7, 11) is 1.60. The maximum absolute atomic E-state index is 11.5. The minimum Gasteiger partial charge on any atom is -0.497 e. The van der Waals surface area contributed by atoms with Gasteiger partial charge in [-0.25, -0.2) is 0 Å². The normalized spacial score (nSPS) is 11.9. The van der Waals surface area contributed by atoms with Gasteiger partial charge in [0.15, 0.2) is 0 Å². The predicted molar refractivity (Wildman–Crippen MR) is 82.8 cm³/mol. The highest BCUT2D eigenvalue weighted by molar-refractivity contribution is 5.76. The van der Waals surface area contributed by atoms with E-state index in [1.54, 1.807) is 7.11 Å². The first-order valence-electron chi connectivity index (χ1n) is 7.11. The number of hydrogen-bond donors (Lipinski definition) is 1. The maximum atomic E-state index is 11.5. The molecule has 0 saturated carbocycles. The number of carboxylic acids is 1. The summed E-state index contributed by atoms with van der Waals surface area (Å²) in [4.78, 5) is 11.5. The lowest BCUT2D eigenvalue weighted by atomic mass is 9.92. The van der Waals surface area contributed by atoms with Crippen LogP contribution in [0.3, 0.4) is 0 Å². The lowest BCUT2D eigenvalue weighted by Gasteiger charge is -2.13. The van der Waals surface area contributed by atoms with Crippen molar-refractivity contribution in [2.45, 2.75) is 25.2 Å². The van der Waals surface area contributed by atoms with Gasteiger partial charge in [-0.15, -0.1) is 0 Å². The first kappa shape index (κ1) is 15.1. The molecule has 2 aromatic carbocycles. The van der Waals surface area contributed by atoms with Gasteiger partial charge in [-0.1, -0.05) is 42.5 Å². The Morgan fingerprint density at radius 3 is 2.33 bits per heavy atom. The van der Waals surface area contributed by atoms with Crippen molar-refractivity contribution in [2.24, 2.45) is 0 Å². The Hall–Kier alpha value is -2.29. The summed E-state index contributed by atoms with van der Waals surface area (Å²) in [6, 6.07) is 17.4. The number of carboxylic acid groups (broad SMARTS) is 1. The molecule has 1 atom stereocenters. The molecule has 110 valence electrons. The monoisotopic (exact) mass is 284 g/mol. The van der Waals surface area contributed by atoms with E-state index in [9.17, 15) is 9.90 Å². The molecular weight excluding hydrogens is 264 g/mol. The van der Waals surface area contributed by atoms with E-state index < -0.39 is 11.9 Å². The molecule has 0 bridgehead atoms. The van der Waals surface area contributed by atoms with Crippen LogP contribution in [0.4, 0.5) is 0 Å². The van der Waals surface area contributed by atoms with Crippen molar-refractivity contribution in [3.8, 4) is 5.75 Å². The standard InChI is InChI=1S/C18H20O3/c1-21-16-12-10-15(11-13-16)17(18(19)20)9-5-8-14-6-3-2-4-7-14/h2-4,6-7,10-13,17H,5,8-9H2,1H3,(H,19,20). The number of carbonyl (C=O) groups is 1. The number of hydrogen-bond acceptors (Lipinski definition) is 2. The second-order valence-electron chi connectivity index (χ2n) is 5.04. The van der Waals surface area contributed by atoms with Crippen molar-refractivity contribution in [3.05, 3.63) is 65.7 Å². The van der Waals surface area contributed by atoms with Gasteiger partial charge in [-0.2, -0.15) is 0 Å². The molecule has 0 spiro atoms. The van der Waals surface area contributed by atoms with Crippen LogP contribution in [-0.4, -0.2) is 18.2 Å². The number of methoxy groups -OCH3 is 1. The Morgan fingerprint density at radius 2 is 1.76 bits per heavy atom. The van der Waals surface area contributed by atoms with Crippen molar-refractivity contribution in [1.82, 2.24) is 0 Å². The molecule has 0 amide bonds. The van der Waals surface area contributed by atoms with Crippen LogP contribution >= 0.6 is 0 Å². The van der Waals surface area contributed by atoms with Crippen molar-refractivity contribution in [2.75, 3.05) is 7.11 Å². The zero-order chi connectivity index (χ0) is 15.1. The Labute approximate surface area is 125 Å². The molecule has 0 aliphatic carbocycles. The summed E-state index contributed by atoms with van der Waals surface area (Å²) in [5.74, 6) is -0.486. The van der Waals surface area contributed by atoms with Crippen LogP contribution in [-0.2, 0) is 11.2 Å². The van der Waals surface area contributed by atoms with Gasteiger partial charge in [-0.05, 0) is 42.5 Å². The molecule has 0 aliphatic rings. The number of aliphatic carboxylic acids is 1. The predicted octanol–water partition coefficient (Wildman–Crippen LogP) is 3.89. The fourth-order valence-corrected chi connectivity index (χ4v) is 2.42. The number of ether oxygens (including phenoxy) is 1. The summed E-state index contributed by atoms with van der Waals surface area (Å²) in [5.41, 5.74) is 2.08. The molecule has 0 aliphatic heterocycles. The Morgan fingerprint density at radius 1 is 1.10 bits per heavy atom. The summed E-state index contributed by atoms with van der Waals surface area (Å²) < 4.78 is 5.10. The van der Waals surface area contributed by atoms with E-state index in [0.717, 1.165) is 24.2 Å². The molecule has 3 nitrogen and oxygen atoms in total. The molecular formula is C18H20O3. The number of rotatable bonds is 7. The van der Waals surface area contributed by atoms with Crippen molar-refractivity contribution >= 4 is 5.97 Å². The van der Waals surface area contributed by atoms with E-state index in [1.807, 2.05) is 42.5 Å². The summed E-state index contributed by atoms with van der Waals surface area (Å²) in [6.45, 7) is 0. The van der Waals surface area contributed by atoms with Gasteiger partial charge in [0.1, 0.15) is 5.75 Å². The largest absolute Gasteiger partial charge is 0.497 e. The molecule has 0 fully saturated rings. The van der Waals surface area contributed by atoms with E-state index in [1.165, 1.54) is 5.56 Å². The topological polar surface area (TPSA) is 46.5 Å². The van der Waals surface area contributed by atoms with E-state index in [0.29, 0.717) is 6.42 Å². The summed E-state index contributed by atoms with van der Waals surface area (Å²) >= 11 is 0. The Kier molecular flexibility index (Phi) is 5.38. The van der Waals surface area contributed by atoms with Crippen LogP contribution in [0.2, 0.25) is 0 Å². The van der Waals surface area contributed by atoms with Gasteiger partial charge in [0, 0.05) is 0 Å². The van der Waals surface area contributed by atoms with Gasteiger partial charge in [0.2, 0.25) is 0 Å². The molecule has 2 aromatic rings.